The maximum Gasteiger partial charge on any atom is 0.251 e. The SMILES string of the molecule is CC(CS(C)(=O)=O)NC(=O)c1cc(-c2ccc(Cl)cc2Cl)cc(-n2cnnn2)c1. The second-order valence-electron chi connectivity index (χ2n) is 6.61. The lowest BCUT2D eigenvalue weighted by molar-refractivity contribution is 0.0943. The third kappa shape index (κ3) is 5.53. The topological polar surface area (TPSA) is 107 Å². The molecular formula is C18H17Cl2N5O3S. The lowest BCUT2D eigenvalue weighted by Gasteiger charge is -2.15. The quantitative estimate of drug-likeness (QED) is 0.614. The number of benzene rings is 2. The summed E-state index contributed by atoms with van der Waals surface area (Å²) in [7, 11) is -3.23. The van der Waals surface area contributed by atoms with Crippen molar-refractivity contribution in [3.05, 3.63) is 58.3 Å². The van der Waals surface area contributed by atoms with Gasteiger partial charge in [0.15, 0.2) is 0 Å². The molecule has 0 spiro atoms. The Labute approximate surface area is 177 Å². The van der Waals surface area contributed by atoms with E-state index < -0.39 is 21.8 Å². The van der Waals surface area contributed by atoms with Crippen molar-refractivity contribution in [2.24, 2.45) is 0 Å². The van der Waals surface area contributed by atoms with E-state index in [4.69, 9.17) is 23.2 Å². The van der Waals surface area contributed by atoms with Crippen LogP contribution >= 0.6 is 23.2 Å². The summed E-state index contributed by atoms with van der Waals surface area (Å²) in [6, 6.07) is 9.53. The molecule has 1 aromatic heterocycles. The molecule has 0 saturated carbocycles. The molecule has 152 valence electrons. The summed E-state index contributed by atoms with van der Waals surface area (Å²) in [4.78, 5) is 12.8. The van der Waals surface area contributed by atoms with Crippen LogP contribution in [-0.4, -0.2) is 52.6 Å². The summed E-state index contributed by atoms with van der Waals surface area (Å²) in [6.07, 6.45) is 2.52. The average molecular weight is 454 g/mol. The Bertz CT molecular complexity index is 1150. The predicted molar refractivity (Wildman–Crippen MR) is 111 cm³/mol. The van der Waals surface area contributed by atoms with Crippen molar-refractivity contribution >= 4 is 38.9 Å². The van der Waals surface area contributed by atoms with Gasteiger partial charge in [-0.25, -0.2) is 13.1 Å². The third-order valence-electron chi connectivity index (χ3n) is 3.97. The van der Waals surface area contributed by atoms with Crippen molar-refractivity contribution in [3.8, 4) is 16.8 Å². The number of carbonyl (C=O) groups is 1. The van der Waals surface area contributed by atoms with Gasteiger partial charge < -0.3 is 5.32 Å². The van der Waals surface area contributed by atoms with Crippen LogP contribution in [0.3, 0.4) is 0 Å². The van der Waals surface area contributed by atoms with Crippen LogP contribution in [0.2, 0.25) is 10.0 Å². The number of sulfone groups is 1. The van der Waals surface area contributed by atoms with Gasteiger partial charge in [-0.2, -0.15) is 0 Å². The first-order chi connectivity index (χ1) is 13.6. The zero-order valence-electron chi connectivity index (χ0n) is 15.5. The summed E-state index contributed by atoms with van der Waals surface area (Å²) >= 11 is 12.3. The molecule has 1 atom stereocenters. The normalized spacial score (nSPS) is 12.6. The van der Waals surface area contributed by atoms with E-state index in [-0.39, 0.29) is 5.75 Å². The van der Waals surface area contributed by atoms with Crippen LogP contribution in [0.1, 0.15) is 17.3 Å². The minimum Gasteiger partial charge on any atom is -0.349 e. The summed E-state index contributed by atoms with van der Waals surface area (Å²) in [5.74, 6) is -0.594. The number of tetrazole rings is 1. The van der Waals surface area contributed by atoms with Gasteiger partial charge in [-0.05, 0) is 53.2 Å². The van der Waals surface area contributed by atoms with Gasteiger partial charge in [0.05, 0.1) is 11.4 Å². The molecule has 0 radical (unpaired) electrons. The van der Waals surface area contributed by atoms with Crippen molar-refractivity contribution in [1.29, 1.82) is 0 Å². The number of halogens is 2. The molecule has 1 heterocycles. The lowest BCUT2D eigenvalue weighted by Crippen LogP contribution is -2.37. The molecule has 29 heavy (non-hydrogen) atoms. The van der Waals surface area contributed by atoms with Crippen LogP contribution in [0, 0.1) is 0 Å². The summed E-state index contributed by atoms with van der Waals surface area (Å²) < 4.78 is 24.3. The van der Waals surface area contributed by atoms with Crippen LogP contribution in [-0.2, 0) is 9.84 Å². The molecule has 0 aliphatic heterocycles. The number of amides is 1. The van der Waals surface area contributed by atoms with E-state index in [1.807, 2.05) is 0 Å². The molecule has 1 unspecified atom stereocenters. The highest BCUT2D eigenvalue weighted by Crippen LogP contribution is 2.32. The first-order valence-corrected chi connectivity index (χ1v) is 11.3. The number of nitrogens with zero attached hydrogens (tertiary/aromatic N) is 4. The molecular weight excluding hydrogens is 437 g/mol. The van der Waals surface area contributed by atoms with Crippen molar-refractivity contribution in [2.75, 3.05) is 12.0 Å². The zero-order chi connectivity index (χ0) is 21.2. The summed E-state index contributed by atoms with van der Waals surface area (Å²) in [5, 5.41) is 14.7. The van der Waals surface area contributed by atoms with E-state index in [0.717, 1.165) is 6.26 Å². The van der Waals surface area contributed by atoms with Gasteiger partial charge in [-0.3, -0.25) is 4.79 Å². The first-order valence-electron chi connectivity index (χ1n) is 8.45. The molecule has 0 aliphatic carbocycles. The zero-order valence-corrected chi connectivity index (χ0v) is 17.8. The number of carbonyl (C=O) groups excluding carboxylic acids is 1. The molecule has 2 aromatic carbocycles. The monoisotopic (exact) mass is 453 g/mol. The van der Waals surface area contributed by atoms with Crippen LogP contribution < -0.4 is 5.32 Å². The number of aromatic nitrogens is 4. The average Bonchev–Trinajstić information content (AvgIpc) is 3.14. The summed E-state index contributed by atoms with van der Waals surface area (Å²) in [6.45, 7) is 1.63. The second kappa shape index (κ2) is 8.48. The molecule has 1 N–H and O–H groups in total. The number of nitrogens with one attached hydrogen (secondary N) is 1. The molecule has 11 heteroatoms. The van der Waals surface area contributed by atoms with Gasteiger partial charge in [-0.15, -0.1) is 5.10 Å². The van der Waals surface area contributed by atoms with Gasteiger partial charge in [-0.1, -0.05) is 29.3 Å². The molecule has 3 rings (SSSR count). The molecule has 8 nitrogen and oxygen atoms in total. The van der Waals surface area contributed by atoms with Crippen LogP contribution in [0.15, 0.2) is 42.7 Å². The third-order valence-corrected chi connectivity index (χ3v) is 5.62. The highest BCUT2D eigenvalue weighted by Gasteiger charge is 2.17. The molecule has 0 saturated heterocycles. The lowest BCUT2D eigenvalue weighted by atomic mass is 10.0. The van der Waals surface area contributed by atoms with Crippen LogP contribution in [0.4, 0.5) is 0 Å². The van der Waals surface area contributed by atoms with E-state index in [0.29, 0.717) is 32.4 Å². The fraction of sp³-hybridized carbons (Fsp3) is 0.222. The largest absolute Gasteiger partial charge is 0.349 e. The maximum absolute atomic E-state index is 12.8. The van der Waals surface area contributed by atoms with Crippen molar-refractivity contribution < 1.29 is 13.2 Å². The first kappa shape index (κ1) is 21.2. The highest BCUT2D eigenvalue weighted by molar-refractivity contribution is 7.90. The van der Waals surface area contributed by atoms with Crippen LogP contribution in [0.5, 0.6) is 0 Å². The molecule has 3 aromatic rings. The van der Waals surface area contributed by atoms with E-state index >= 15 is 0 Å². The Hall–Kier alpha value is -2.49. The standard InChI is InChI=1S/C18H17Cl2N5O3S/c1-11(9-29(2,27)28)22-18(26)13-5-12(16-4-3-14(19)8-17(16)20)6-15(7-13)25-10-21-23-24-25/h3-8,10-11H,9H2,1-2H3,(H,22,26). The molecule has 0 aliphatic rings. The fourth-order valence-corrected chi connectivity index (χ4v) is 4.35. The maximum atomic E-state index is 12.8. The van der Waals surface area contributed by atoms with Crippen molar-refractivity contribution in [1.82, 2.24) is 25.5 Å². The minimum absolute atomic E-state index is 0.165. The molecule has 0 fully saturated rings. The Morgan fingerprint density at radius 3 is 2.59 bits per heavy atom. The smallest absolute Gasteiger partial charge is 0.251 e. The second-order valence-corrected chi connectivity index (χ2v) is 9.64. The molecule has 1 amide bonds. The number of rotatable bonds is 6. The van der Waals surface area contributed by atoms with E-state index in [2.05, 4.69) is 20.8 Å². The number of hydrogen-bond acceptors (Lipinski definition) is 6. The van der Waals surface area contributed by atoms with Gasteiger partial charge in [0.25, 0.3) is 5.91 Å². The van der Waals surface area contributed by atoms with Gasteiger partial charge in [0.2, 0.25) is 0 Å². The number of hydrogen-bond donors (Lipinski definition) is 1. The van der Waals surface area contributed by atoms with E-state index in [9.17, 15) is 13.2 Å². The molecule has 0 bridgehead atoms. The van der Waals surface area contributed by atoms with Gasteiger partial charge in [0.1, 0.15) is 16.2 Å². The highest BCUT2D eigenvalue weighted by atomic mass is 35.5. The Balaban J connectivity index is 2.02. The Morgan fingerprint density at radius 2 is 1.97 bits per heavy atom. The Kier molecular flexibility index (Phi) is 6.21. The Morgan fingerprint density at radius 1 is 1.21 bits per heavy atom. The van der Waals surface area contributed by atoms with Crippen molar-refractivity contribution in [3.63, 3.8) is 0 Å². The van der Waals surface area contributed by atoms with Gasteiger partial charge in [0, 0.05) is 33.5 Å². The summed E-state index contributed by atoms with van der Waals surface area (Å²) in [5.41, 5.74) is 2.17. The van der Waals surface area contributed by atoms with E-state index in [1.165, 1.54) is 11.0 Å². The van der Waals surface area contributed by atoms with Crippen LogP contribution in [0.25, 0.3) is 16.8 Å². The van der Waals surface area contributed by atoms with Crippen molar-refractivity contribution in [2.45, 2.75) is 13.0 Å². The minimum atomic E-state index is -3.23. The predicted octanol–water partition coefficient (Wildman–Crippen LogP) is 2.80. The van der Waals surface area contributed by atoms with E-state index in [1.54, 1.807) is 43.3 Å². The van der Waals surface area contributed by atoms with Gasteiger partial charge >= 0.3 is 0 Å². The fourth-order valence-electron chi connectivity index (χ4n) is 2.84.